The molecule has 3 heteroatoms. The molecule has 1 unspecified atom stereocenters. The van der Waals surface area contributed by atoms with Crippen LogP contribution in [0.1, 0.15) is 38.8 Å². The number of piperidine rings is 1. The number of benzene rings is 2. The molecule has 0 spiro atoms. The van der Waals surface area contributed by atoms with Crippen LogP contribution in [-0.2, 0) is 4.79 Å². The molecule has 3 rings (SSSR count). The Morgan fingerprint density at radius 3 is 2.54 bits per heavy atom. The van der Waals surface area contributed by atoms with Crippen LogP contribution in [0.4, 0.5) is 0 Å². The van der Waals surface area contributed by atoms with Crippen molar-refractivity contribution in [3.05, 3.63) is 48.0 Å². The van der Waals surface area contributed by atoms with Gasteiger partial charge in [0, 0.05) is 11.8 Å². The fourth-order valence-electron chi connectivity index (χ4n) is 4.29. The Labute approximate surface area is 145 Å². The van der Waals surface area contributed by atoms with Crippen molar-refractivity contribution in [3.8, 4) is 0 Å². The van der Waals surface area contributed by atoms with Crippen LogP contribution in [0.25, 0.3) is 10.8 Å². The van der Waals surface area contributed by atoms with Gasteiger partial charge in [0.05, 0.1) is 19.1 Å². The van der Waals surface area contributed by atoms with Gasteiger partial charge in [-0.3, -0.25) is 4.79 Å². The van der Waals surface area contributed by atoms with E-state index in [0.29, 0.717) is 18.4 Å². The van der Waals surface area contributed by atoms with E-state index in [-0.39, 0.29) is 11.9 Å². The highest BCUT2D eigenvalue weighted by Crippen LogP contribution is 2.23. The Balaban J connectivity index is 1.65. The fourth-order valence-corrected chi connectivity index (χ4v) is 4.29. The first-order valence-electron chi connectivity index (χ1n) is 9.13. The molecule has 2 aromatic carbocycles. The third-order valence-electron chi connectivity index (χ3n) is 5.16. The normalized spacial score (nSPS) is 25.4. The van der Waals surface area contributed by atoms with E-state index in [9.17, 15) is 4.79 Å². The van der Waals surface area contributed by atoms with Crippen molar-refractivity contribution >= 4 is 16.7 Å². The summed E-state index contributed by atoms with van der Waals surface area (Å²) in [7, 11) is 0. The Morgan fingerprint density at radius 2 is 1.79 bits per heavy atom. The zero-order valence-corrected chi connectivity index (χ0v) is 15.0. The zero-order chi connectivity index (χ0) is 17.1. The molecule has 1 heterocycles. The number of nitrogens with one attached hydrogen (secondary N) is 2. The number of fused-ring (bicyclic) bond motifs is 1. The standard InChI is InChI=1S/C21H28N2O/c1-15-11-16(2)13-23(12-15)14-21(24)22-17(3)19-10-6-8-18-7-4-5-9-20(18)19/h4-10,15-17H,11-14H2,1-3H3,(H,22,24)/p+1/t15-,16+,17-/m0/s1. The molecular weight excluding hydrogens is 296 g/mol. The minimum atomic E-state index is 0.0302. The molecule has 1 amide bonds. The van der Waals surface area contributed by atoms with Crippen LogP contribution in [0.15, 0.2) is 42.5 Å². The van der Waals surface area contributed by atoms with Gasteiger partial charge in [-0.05, 0) is 29.7 Å². The summed E-state index contributed by atoms with van der Waals surface area (Å²) in [6.07, 6.45) is 1.29. The number of carbonyl (C=O) groups excluding carboxylic acids is 1. The fraction of sp³-hybridized carbons (Fsp3) is 0.476. The molecule has 0 saturated carbocycles. The molecular formula is C21H29N2O+. The summed E-state index contributed by atoms with van der Waals surface area (Å²) in [5.41, 5.74) is 1.19. The molecule has 1 fully saturated rings. The molecule has 2 N–H and O–H groups in total. The van der Waals surface area contributed by atoms with E-state index in [1.165, 1.54) is 27.7 Å². The lowest BCUT2D eigenvalue weighted by molar-refractivity contribution is -0.904. The third-order valence-corrected chi connectivity index (χ3v) is 5.16. The minimum Gasteiger partial charge on any atom is -0.345 e. The molecule has 3 nitrogen and oxygen atoms in total. The van der Waals surface area contributed by atoms with Gasteiger partial charge in [0.2, 0.25) is 0 Å². The van der Waals surface area contributed by atoms with Gasteiger partial charge in [-0.15, -0.1) is 0 Å². The maximum atomic E-state index is 12.5. The average molecular weight is 325 g/mol. The van der Waals surface area contributed by atoms with Gasteiger partial charge in [-0.1, -0.05) is 56.3 Å². The predicted molar refractivity (Wildman–Crippen MR) is 99.0 cm³/mol. The summed E-state index contributed by atoms with van der Waals surface area (Å²) >= 11 is 0. The molecule has 4 atom stereocenters. The van der Waals surface area contributed by atoms with Gasteiger partial charge in [0.15, 0.2) is 6.54 Å². The lowest BCUT2D eigenvalue weighted by atomic mass is 9.92. The predicted octanol–water partition coefficient (Wildman–Crippen LogP) is 2.58. The summed E-state index contributed by atoms with van der Waals surface area (Å²) in [5, 5.41) is 5.65. The van der Waals surface area contributed by atoms with Crippen molar-refractivity contribution in [3.63, 3.8) is 0 Å². The highest BCUT2D eigenvalue weighted by molar-refractivity contribution is 5.87. The maximum absolute atomic E-state index is 12.5. The average Bonchev–Trinajstić information content (AvgIpc) is 2.53. The van der Waals surface area contributed by atoms with Crippen LogP contribution >= 0.6 is 0 Å². The van der Waals surface area contributed by atoms with Gasteiger partial charge in [-0.25, -0.2) is 0 Å². The van der Waals surface area contributed by atoms with Gasteiger partial charge in [0.1, 0.15) is 0 Å². The topological polar surface area (TPSA) is 33.5 Å². The zero-order valence-electron chi connectivity index (χ0n) is 15.0. The smallest absolute Gasteiger partial charge is 0.275 e. The van der Waals surface area contributed by atoms with Crippen molar-refractivity contribution in [1.82, 2.24) is 5.32 Å². The number of quaternary nitrogens is 1. The van der Waals surface area contributed by atoms with E-state index in [2.05, 4.69) is 68.6 Å². The summed E-state index contributed by atoms with van der Waals surface area (Å²) in [5.74, 6) is 1.59. The Morgan fingerprint density at radius 1 is 1.12 bits per heavy atom. The number of hydrogen-bond acceptors (Lipinski definition) is 1. The molecule has 128 valence electrons. The minimum absolute atomic E-state index is 0.0302. The van der Waals surface area contributed by atoms with E-state index >= 15 is 0 Å². The first-order valence-corrected chi connectivity index (χ1v) is 9.13. The number of carbonyl (C=O) groups is 1. The summed E-state index contributed by atoms with van der Waals surface area (Å²) < 4.78 is 0. The van der Waals surface area contributed by atoms with Crippen molar-refractivity contribution < 1.29 is 9.69 Å². The first-order chi connectivity index (χ1) is 11.5. The van der Waals surface area contributed by atoms with Crippen LogP contribution < -0.4 is 10.2 Å². The third kappa shape index (κ3) is 3.96. The van der Waals surface area contributed by atoms with E-state index < -0.39 is 0 Å². The van der Waals surface area contributed by atoms with Gasteiger partial charge < -0.3 is 10.2 Å². The first kappa shape index (κ1) is 17.0. The Bertz CT molecular complexity index is 697. The van der Waals surface area contributed by atoms with E-state index in [1.807, 2.05) is 0 Å². The number of hydrogen-bond donors (Lipinski definition) is 2. The van der Waals surface area contributed by atoms with E-state index in [0.717, 1.165) is 13.1 Å². The van der Waals surface area contributed by atoms with Gasteiger partial charge in [-0.2, -0.15) is 0 Å². The second-order valence-corrected chi connectivity index (χ2v) is 7.64. The number of amides is 1. The Hall–Kier alpha value is -1.87. The second-order valence-electron chi connectivity index (χ2n) is 7.64. The second kappa shape index (κ2) is 7.35. The number of rotatable bonds is 4. The molecule has 0 aromatic heterocycles. The van der Waals surface area contributed by atoms with Crippen LogP contribution in [-0.4, -0.2) is 25.5 Å². The monoisotopic (exact) mass is 325 g/mol. The summed E-state index contributed by atoms with van der Waals surface area (Å²) in [4.78, 5) is 13.9. The highest BCUT2D eigenvalue weighted by atomic mass is 16.2. The van der Waals surface area contributed by atoms with Crippen LogP contribution in [0.3, 0.4) is 0 Å². The van der Waals surface area contributed by atoms with Crippen LogP contribution in [0, 0.1) is 11.8 Å². The maximum Gasteiger partial charge on any atom is 0.275 e. The molecule has 1 aliphatic heterocycles. The Kier molecular flexibility index (Phi) is 5.20. The number of likely N-dealkylation sites (tertiary alicyclic amines) is 1. The molecule has 1 aliphatic rings. The van der Waals surface area contributed by atoms with Gasteiger partial charge >= 0.3 is 0 Å². The largest absolute Gasteiger partial charge is 0.345 e. The molecule has 24 heavy (non-hydrogen) atoms. The van der Waals surface area contributed by atoms with Crippen LogP contribution in [0.5, 0.6) is 0 Å². The van der Waals surface area contributed by atoms with E-state index in [1.54, 1.807) is 0 Å². The molecule has 1 saturated heterocycles. The highest BCUT2D eigenvalue weighted by Gasteiger charge is 2.27. The van der Waals surface area contributed by atoms with Crippen molar-refractivity contribution in [2.75, 3.05) is 19.6 Å². The van der Waals surface area contributed by atoms with Crippen molar-refractivity contribution in [2.45, 2.75) is 33.2 Å². The van der Waals surface area contributed by atoms with Crippen molar-refractivity contribution in [2.24, 2.45) is 11.8 Å². The summed E-state index contributed by atoms with van der Waals surface area (Å²) in [6.45, 7) is 9.49. The molecule has 0 radical (unpaired) electrons. The summed E-state index contributed by atoms with van der Waals surface area (Å²) in [6, 6.07) is 14.7. The molecule has 0 bridgehead atoms. The molecule has 2 aromatic rings. The van der Waals surface area contributed by atoms with Gasteiger partial charge in [0.25, 0.3) is 5.91 Å². The van der Waals surface area contributed by atoms with Crippen molar-refractivity contribution in [1.29, 1.82) is 0 Å². The lowest BCUT2D eigenvalue weighted by Gasteiger charge is -2.31. The SMILES string of the molecule is C[C@@H]1C[C@H](C)C[NH+](CC(=O)N[C@@H](C)c2cccc3ccccc23)C1. The van der Waals surface area contributed by atoms with E-state index in [4.69, 9.17) is 0 Å². The molecule has 0 aliphatic carbocycles. The van der Waals surface area contributed by atoms with Crippen LogP contribution in [0.2, 0.25) is 0 Å². The quantitative estimate of drug-likeness (QED) is 0.890. The lowest BCUT2D eigenvalue weighted by Crippen LogP contribution is -3.15.